The molecule has 0 aliphatic carbocycles. The zero-order valence-corrected chi connectivity index (χ0v) is 15.6. The summed E-state index contributed by atoms with van der Waals surface area (Å²) >= 11 is 0.902. The second-order valence-corrected chi connectivity index (χ2v) is 8.88. The maximum atomic E-state index is 13.1. The highest BCUT2D eigenvalue weighted by Crippen LogP contribution is 2.41. The van der Waals surface area contributed by atoms with Crippen LogP contribution in [0, 0.1) is 5.82 Å². The molecule has 1 unspecified atom stereocenters. The third-order valence-electron chi connectivity index (χ3n) is 4.43. The molecular weight excluding hydrogens is 391 g/mol. The number of carbonyl (C=O) groups is 2. The fourth-order valence-corrected chi connectivity index (χ4v) is 5.41. The van der Waals surface area contributed by atoms with Gasteiger partial charge in [0.05, 0.1) is 10.4 Å². The molecule has 1 aliphatic rings. The lowest BCUT2D eigenvalue weighted by Crippen LogP contribution is -2.24. The van der Waals surface area contributed by atoms with Crippen LogP contribution in [0.2, 0.25) is 0 Å². The van der Waals surface area contributed by atoms with E-state index in [1.165, 1.54) is 25.4 Å². The van der Waals surface area contributed by atoms with E-state index in [-0.39, 0.29) is 16.0 Å². The van der Waals surface area contributed by atoms with Gasteiger partial charge in [0.15, 0.2) is 0 Å². The number of benzene rings is 2. The Bertz CT molecular complexity index is 1190. The molecule has 4 rings (SSSR count). The molecule has 27 heavy (non-hydrogen) atoms. The molecule has 2 aromatic carbocycles. The Morgan fingerprint density at radius 3 is 2.37 bits per heavy atom. The number of rotatable bonds is 3. The summed E-state index contributed by atoms with van der Waals surface area (Å²) in [5, 5.41) is -0.493. The Labute approximate surface area is 158 Å². The van der Waals surface area contributed by atoms with Gasteiger partial charge in [0, 0.05) is 18.6 Å². The normalized spacial score (nSPS) is 17.9. The van der Waals surface area contributed by atoms with Gasteiger partial charge in [-0.1, -0.05) is 12.1 Å². The van der Waals surface area contributed by atoms with Crippen LogP contribution in [0.5, 0.6) is 0 Å². The highest BCUT2D eigenvalue weighted by molar-refractivity contribution is 8.15. The number of halogens is 1. The van der Waals surface area contributed by atoms with Crippen molar-refractivity contribution >= 4 is 43.8 Å². The maximum absolute atomic E-state index is 13.1. The smallest absolute Gasteiger partial charge is 0.275 e. The van der Waals surface area contributed by atoms with Gasteiger partial charge in [-0.3, -0.25) is 14.5 Å². The summed E-state index contributed by atoms with van der Waals surface area (Å²) in [4.78, 5) is 25.2. The monoisotopic (exact) mass is 404 g/mol. The Hall–Kier alpha value is -2.65. The molecule has 3 aromatic rings. The zero-order chi connectivity index (χ0) is 19.3. The van der Waals surface area contributed by atoms with Crippen molar-refractivity contribution in [2.45, 2.75) is 10.1 Å². The number of nitrogens with zero attached hydrogens (tertiary/aromatic N) is 2. The van der Waals surface area contributed by atoms with Gasteiger partial charge >= 0.3 is 0 Å². The number of carbonyl (C=O) groups excluding carboxylic acids is 2. The molecule has 1 aliphatic heterocycles. The molecule has 138 valence electrons. The lowest BCUT2D eigenvalue weighted by molar-refractivity contribution is -0.125. The van der Waals surface area contributed by atoms with Crippen LogP contribution in [0.3, 0.4) is 0 Å². The lowest BCUT2D eigenvalue weighted by atomic mass is 10.1. The molecule has 2 heterocycles. The van der Waals surface area contributed by atoms with E-state index < -0.39 is 21.1 Å². The van der Waals surface area contributed by atoms with Crippen molar-refractivity contribution < 1.29 is 22.4 Å². The molecule has 6 nitrogen and oxygen atoms in total. The second kappa shape index (κ2) is 6.21. The molecule has 1 aromatic heterocycles. The van der Waals surface area contributed by atoms with E-state index in [2.05, 4.69) is 0 Å². The van der Waals surface area contributed by atoms with E-state index in [0.29, 0.717) is 16.5 Å². The SMILES string of the molecule is CN1C(=O)SC(c2cccc3c2ccn3S(=O)(=O)c2ccc(F)cc2)C1=O. The van der Waals surface area contributed by atoms with Gasteiger partial charge in [-0.15, -0.1) is 0 Å². The average molecular weight is 404 g/mol. The number of amides is 2. The van der Waals surface area contributed by atoms with Crippen LogP contribution in [-0.2, 0) is 14.8 Å². The van der Waals surface area contributed by atoms with Gasteiger partial charge in [-0.2, -0.15) is 0 Å². The topological polar surface area (TPSA) is 76.5 Å². The number of hydrogen-bond acceptors (Lipinski definition) is 5. The minimum absolute atomic E-state index is 0.0481. The zero-order valence-electron chi connectivity index (χ0n) is 14.0. The summed E-state index contributed by atoms with van der Waals surface area (Å²) in [5.74, 6) is -0.870. The number of fused-ring (bicyclic) bond motifs is 1. The van der Waals surface area contributed by atoms with Crippen LogP contribution in [-0.4, -0.2) is 35.5 Å². The first-order valence-electron chi connectivity index (χ1n) is 7.90. The average Bonchev–Trinajstić information content (AvgIpc) is 3.19. The standard InChI is InChI=1S/C18H13FN2O4S2/c1-20-17(22)16(26-18(20)23)14-3-2-4-15-13(14)9-10-21(15)27(24,25)12-7-5-11(19)6-8-12/h2-10,16H,1H3. The fraction of sp³-hybridized carbons (Fsp3) is 0.111. The molecule has 2 amide bonds. The molecule has 0 saturated carbocycles. The summed E-state index contributed by atoms with van der Waals surface area (Å²) in [6, 6.07) is 11.1. The molecule has 0 N–H and O–H groups in total. The molecule has 0 spiro atoms. The molecule has 9 heteroatoms. The van der Waals surface area contributed by atoms with Gasteiger partial charge in [0.2, 0.25) is 5.91 Å². The Morgan fingerprint density at radius 1 is 1.04 bits per heavy atom. The van der Waals surface area contributed by atoms with Crippen molar-refractivity contribution in [1.82, 2.24) is 8.87 Å². The van der Waals surface area contributed by atoms with Crippen molar-refractivity contribution in [3.63, 3.8) is 0 Å². The van der Waals surface area contributed by atoms with Gasteiger partial charge < -0.3 is 0 Å². The van der Waals surface area contributed by atoms with Crippen LogP contribution in [0.25, 0.3) is 10.9 Å². The number of imide groups is 1. The van der Waals surface area contributed by atoms with E-state index in [0.717, 1.165) is 32.8 Å². The summed E-state index contributed by atoms with van der Waals surface area (Å²) in [5.41, 5.74) is 0.959. The molecule has 1 saturated heterocycles. The quantitative estimate of drug-likeness (QED) is 0.669. The number of aromatic nitrogens is 1. The number of likely N-dealkylation sites (N-methyl/N-ethyl adjacent to an activating group) is 1. The highest BCUT2D eigenvalue weighted by Gasteiger charge is 2.39. The van der Waals surface area contributed by atoms with Crippen LogP contribution in [0.4, 0.5) is 9.18 Å². The highest BCUT2D eigenvalue weighted by atomic mass is 32.2. The van der Waals surface area contributed by atoms with Crippen LogP contribution >= 0.6 is 11.8 Å². The lowest BCUT2D eigenvalue weighted by Gasteiger charge is -2.11. The Kier molecular flexibility index (Phi) is 4.08. The first kappa shape index (κ1) is 17.7. The first-order chi connectivity index (χ1) is 12.8. The minimum Gasteiger partial charge on any atom is -0.275 e. The van der Waals surface area contributed by atoms with Crippen molar-refractivity contribution in [3.05, 3.63) is 66.1 Å². The third-order valence-corrected chi connectivity index (χ3v) is 7.30. The number of thioether (sulfide) groups is 1. The van der Waals surface area contributed by atoms with Gasteiger partial charge in [0.25, 0.3) is 15.3 Å². The van der Waals surface area contributed by atoms with Crippen LogP contribution in [0.1, 0.15) is 10.8 Å². The van der Waals surface area contributed by atoms with Crippen molar-refractivity contribution in [1.29, 1.82) is 0 Å². The van der Waals surface area contributed by atoms with Crippen molar-refractivity contribution in [2.75, 3.05) is 7.05 Å². The summed E-state index contributed by atoms with van der Waals surface area (Å²) < 4.78 is 40.1. The fourth-order valence-electron chi connectivity index (χ4n) is 3.02. The van der Waals surface area contributed by atoms with Gasteiger partial charge in [-0.05, 0) is 53.7 Å². The van der Waals surface area contributed by atoms with E-state index in [4.69, 9.17) is 0 Å². The predicted molar refractivity (Wildman–Crippen MR) is 99.4 cm³/mol. The largest absolute Gasteiger partial charge is 0.289 e. The second-order valence-electron chi connectivity index (χ2n) is 6.01. The summed E-state index contributed by atoms with van der Waals surface area (Å²) in [6.45, 7) is 0. The summed E-state index contributed by atoms with van der Waals surface area (Å²) in [7, 11) is -2.51. The van der Waals surface area contributed by atoms with Gasteiger partial charge in [-0.25, -0.2) is 16.8 Å². The van der Waals surface area contributed by atoms with E-state index in [9.17, 15) is 22.4 Å². The van der Waals surface area contributed by atoms with E-state index in [1.54, 1.807) is 24.3 Å². The Morgan fingerprint density at radius 2 is 1.74 bits per heavy atom. The van der Waals surface area contributed by atoms with E-state index in [1.807, 2.05) is 0 Å². The number of hydrogen-bond donors (Lipinski definition) is 0. The van der Waals surface area contributed by atoms with Gasteiger partial charge in [0.1, 0.15) is 11.1 Å². The van der Waals surface area contributed by atoms with Crippen LogP contribution in [0.15, 0.2) is 59.6 Å². The summed E-state index contributed by atoms with van der Waals surface area (Å²) in [6.07, 6.45) is 1.39. The predicted octanol–water partition coefficient (Wildman–Crippen LogP) is 3.38. The molecular formula is C18H13FN2O4S2. The maximum Gasteiger partial charge on any atom is 0.289 e. The molecule has 0 radical (unpaired) electrons. The Balaban J connectivity index is 1.85. The first-order valence-corrected chi connectivity index (χ1v) is 10.2. The van der Waals surface area contributed by atoms with E-state index >= 15 is 0 Å². The van der Waals surface area contributed by atoms with Crippen molar-refractivity contribution in [2.24, 2.45) is 0 Å². The third kappa shape index (κ3) is 2.74. The molecule has 1 atom stereocenters. The molecule has 1 fully saturated rings. The van der Waals surface area contributed by atoms with Crippen LogP contribution < -0.4 is 0 Å². The minimum atomic E-state index is -3.93. The molecule has 0 bridgehead atoms. The van der Waals surface area contributed by atoms with Crippen molar-refractivity contribution in [3.8, 4) is 0 Å².